The van der Waals surface area contributed by atoms with Crippen molar-refractivity contribution in [3.8, 4) is 6.07 Å². The van der Waals surface area contributed by atoms with Crippen LogP contribution in [0, 0.1) is 11.3 Å². The molecule has 9 heteroatoms. The summed E-state index contributed by atoms with van der Waals surface area (Å²) in [4.78, 5) is 16.4. The Kier molecular flexibility index (Phi) is 4.56. The summed E-state index contributed by atoms with van der Waals surface area (Å²) in [5, 5.41) is 11.6. The van der Waals surface area contributed by atoms with Crippen molar-refractivity contribution in [2.24, 2.45) is 0 Å². The highest BCUT2D eigenvalue weighted by Gasteiger charge is 2.17. The van der Waals surface area contributed by atoms with Gasteiger partial charge in [0.1, 0.15) is 10.9 Å². The van der Waals surface area contributed by atoms with E-state index in [4.69, 9.17) is 5.26 Å². The summed E-state index contributed by atoms with van der Waals surface area (Å²) < 4.78 is 25.0. The Bertz CT molecular complexity index is 833. The molecule has 114 valence electrons. The molecule has 7 nitrogen and oxygen atoms in total. The molecule has 1 N–H and O–H groups in total. The Hall–Kier alpha value is -2.28. The zero-order valence-corrected chi connectivity index (χ0v) is 13.4. The van der Waals surface area contributed by atoms with E-state index in [2.05, 4.69) is 10.3 Å². The van der Waals surface area contributed by atoms with Crippen LogP contribution in [0.3, 0.4) is 0 Å². The third-order valence-electron chi connectivity index (χ3n) is 2.73. The second-order valence-corrected chi connectivity index (χ2v) is 7.59. The number of nitrogens with one attached hydrogen (secondary N) is 1. The van der Waals surface area contributed by atoms with Crippen molar-refractivity contribution < 1.29 is 13.2 Å². The summed E-state index contributed by atoms with van der Waals surface area (Å²) in [5.41, 5.74) is 0.298. The lowest BCUT2D eigenvalue weighted by Gasteiger charge is -2.11. The molecule has 0 unspecified atom stereocenters. The van der Waals surface area contributed by atoms with E-state index in [1.54, 1.807) is 0 Å². The van der Waals surface area contributed by atoms with E-state index in [9.17, 15) is 13.2 Å². The minimum absolute atomic E-state index is 0.107. The van der Waals surface area contributed by atoms with Gasteiger partial charge in [-0.15, -0.1) is 0 Å². The molecule has 0 bridgehead atoms. The molecular weight excluding hydrogens is 324 g/mol. The highest BCUT2D eigenvalue weighted by molar-refractivity contribution is 7.89. The van der Waals surface area contributed by atoms with E-state index in [-0.39, 0.29) is 4.90 Å². The Morgan fingerprint density at radius 1 is 1.32 bits per heavy atom. The van der Waals surface area contributed by atoms with Crippen LogP contribution in [-0.2, 0) is 10.0 Å². The average Bonchev–Trinajstić information content (AvgIpc) is 2.94. The number of rotatable bonds is 4. The van der Waals surface area contributed by atoms with Gasteiger partial charge in [0.15, 0.2) is 5.13 Å². The number of aromatic nitrogens is 1. The summed E-state index contributed by atoms with van der Waals surface area (Å²) in [6.45, 7) is 0. The van der Waals surface area contributed by atoms with E-state index in [0.29, 0.717) is 15.6 Å². The molecule has 0 spiro atoms. The molecular formula is C13H12N4O3S2. The number of nitrogens with zero attached hydrogens (tertiary/aromatic N) is 3. The highest BCUT2D eigenvalue weighted by atomic mass is 32.2. The number of amides is 1. The van der Waals surface area contributed by atoms with Crippen LogP contribution in [0.1, 0.15) is 15.2 Å². The predicted octanol–water partition coefficient (Wildman–Crippen LogP) is 1.52. The molecule has 2 rings (SSSR count). The maximum absolute atomic E-state index is 12.0. The SMILES string of the molecule is CN(C)S(=O)(=O)c1ccc(C(=O)Nc2ncc(C#N)s2)cc1. The fraction of sp³-hybridized carbons (Fsp3) is 0.154. The normalized spacial score (nSPS) is 11.2. The topological polar surface area (TPSA) is 103 Å². The third-order valence-corrected chi connectivity index (χ3v) is 5.38. The second kappa shape index (κ2) is 6.23. The number of nitriles is 1. The molecule has 2 aromatic rings. The molecule has 1 heterocycles. The Labute approximate surface area is 131 Å². The standard InChI is InChI=1S/C13H12N4O3S2/c1-17(2)22(19,20)11-5-3-9(4-6-11)12(18)16-13-15-8-10(7-14)21-13/h3-6,8H,1-2H3,(H,15,16,18). The summed E-state index contributed by atoms with van der Waals surface area (Å²) in [7, 11) is -0.652. The lowest BCUT2D eigenvalue weighted by molar-refractivity contribution is 0.102. The predicted molar refractivity (Wildman–Crippen MR) is 82.1 cm³/mol. The van der Waals surface area contributed by atoms with Crippen molar-refractivity contribution in [3.63, 3.8) is 0 Å². The van der Waals surface area contributed by atoms with Crippen LogP contribution < -0.4 is 5.32 Å². The maximum atomic E-state index is 12.0. The van der Waals surface area contributed by atoms with Crippen LogP contribution in [-0.4, -0.2) is 37.7 Å². The summed E-state index contributed by atoms with van der Waals surface area (Å²) in [5.74, 6) is -0.423. The Morgan fingerprint density at radius 2 is 1.95 bits per heavy atom. The van der Waals surface area contributed by atoms with E-state index < -0.39 is 15.9 Å². The number of hydrogen-bond acceptors (Lipinski definition) is 6. The van der Waals surface area contributed by atoms with E-state index >= 15 is 0 Å². The first-order valence-electron chi connectivity index (χ1n) is 6.04. The fourth-order valence-electron chi connectivity index (χ4n) is 1.54. The molecule has 0 saturated heterocycles. The first-order chi connectivity index (χ1) is 10.3. The molecule has 1 amide bonds. The monoisotopic (exact) mass is 336 g/mol. The molecule has 0 saturated carbocycles. The van der Waals surface area contributed by atoms with Crippen molar-refractivity contribution >= 4 is 32.4 Å². The van der Waals surface area contributed by atoms with E-state index in [1.165, 1.54) is 44.6 Å². The third kappa shape index (κ3) is 3.30. The average molecular weight is 336 g/mol. The van der Waals surface area contributed by atoms with Gasteiger partial charge in [0.2, 0.25) is 10.0 Å². The molecule has 0 aliphatic heterocycles. The molecule has 0 radical (unpaired) electrons. The Morgan fingerprint density at radius 3 is 2.45 bits per heavy atom. The lowest BCUT2D eigenvalue weighted by Crippen LogP contribution is -2.22. The van der Waals surface area contributed by atoms with Gasteiger partial charge < -0.3 is 0 Å². The smallest absolute Gasteiger partial charge is 0.257 e. The zero-order valence-electron chi connectivity index (χ0n) is 11.8. The molecule has 0 atom stereocenters. The largest absolute Gasteiger partial charge is 0.298 e. The number of benzene rings is 1. The molecule has 22 heavy (non-hydrogen) atoms. The number of carbonyl (C=O) groups excluding carboxylic acids is 1. The van der Waals surface area contributed by atoms with E-state index in [0.717, 1.165) is 15.6 Å². The fourth-order valence-corrected chi connectivity index (χ4v) is 3.05. The zero-order chi connectivity index (χ0) is 16.3. The molecule has 0 aliphatic carbocycles. The van der Waals surface area contributed by atoms with Gasteiger partial charge in [0.05, 0.1) is 11.1 Å². The van der Waals surface area contributed by atoms with Gasteiger partial charge in [-0.3, -0.25) is 10.1 Å². The van der Waals surface area contributed by atoms with Crippen LogP contribution in [0.4, 0.5) is 5.13 Å². The van der Waals surface area contributed by atoms with E-state index in [1.807, 2.05) is 6.07 Å². The quantitative estimate of drug-likeness (QED) is 0.911. The van der Waals surface area contributed by atoms with Crippen LogP contribution in [0.25, 0.3) is 0 Å². The summed E-state index contributed by atoms with van der Waals surface area (Å²) in [6, 6.07) is 7.51. The van der Waals surface area contributed by atoms with Crippen LogP contribution in [0.15, 0.2) is 35.4 Å². The molecule has 1 aromatic carbocycles. The lowest BCUT2D eigenvalue weighted by atomic mass is 10.2. The minimum atomic E-state index is -3.52. The van der Waals surface area contributed by atoms with Gasteiger partial charge in [-0.2, -0.15) is 5.26 Å². The Balaban J connectivity index is 2.17. The molecule has 0 fully saturated rings. The van der Waals surface area contributed by atoms with Crippen LogP contribution in [0.5, 0.6) is 0 Å². The number of anilines is 1. The van der Waals surface area contributed by atoms with Crippen molar-refractivity contribution in [2.75, 3.05) is 19.4 Å². The molecule has 0 aliphatic rings. The van der Waals surface area contributed by atoms with Gasteiger partial charge >= 0.3 is 0 Å². The first-order valence-corrected chi connectivity index (χ1v) is 8.30. The van der Waals surface area contributed by atoms with Crippen LogP contribution >= 0.6 is 11.3 Å². The maximum Gasteiger partial charge on any atom is 0.257 e. The number of carbonyl (C=O) groups is 1. The van der Waals surface area contributed by atoms with Crippen LogP contribution in [0.2, 0.25) is 0 Å². The highest BCUT2D eigenvalue weighted by Crippen LogP contribution is 2.19. The van der Waals surface area contributed by atoms with Gasteiger partial charge in [0.25, 0.3) is 5.91 Å². The second-order valence-electron chi connectivity index (χ2n) is 4.41. The van der Waals surface area contributed by atoms with Gasteiger partial charge in [-0.05, 0) is 24.3 Å². The summed E-state index contributed by atoms with van der Waals surface area (Å²) >= 11 is 1.06. The van der Waals surface area contributed by atoms with Gasteiger partial charge in [-0.1, -0.05) is 11.3 Å². The van der Waals surface area contributed by atoms with Crippen molar-refractivity contribution in [3.05, 3.63) is 40.9 Å². The number of sulfonamides is 1. The van der Waals surface area contributed by atoms with Gasteiger partial charge in [0, 0.05) is 19.7 Å². The summed E-state index contributed by atoms with van der Waals surface area (Å²) in [6.07, 6.45) is 1.37. The first kappa shape index (κ1) is 16.1. The van der Waals surface area contributed by atoms with Crippen molar-refractivity contribution in [2.45, 2.75) is 4.90 Å². The number of hydrogen-bond donors (Lipinski definition) is 1. The molecule has 1 aromatic heterocycles. The number of thiazole rings is 1. The van der Waals surface area contributed by atoms with Gasteiger partial charge in [-0.25, -0.2) is 17.7 Å². The minimum Gasteiger partial charge on any atom is -0.298 e. The van der Waals surface area contributed by atoms with Crippen molar-refractivity contribution in [1.29, 1.82) is 5.26 Å². The van der Waals surface area contributed by atoms with Crippen molar-refractivity contribution in [1.82, 2.24) is 9.29 Å².